The van der Waals surface area contributed by atoms with Gasteiger partial charge in [-0.15, -0.1) is 0 Å². The number of hydrogen-bond donors (Lipinski definition) is 2. The molecule has 0 spiro atoms. The summed E-state index contributed by atoms with van der Waals surface area (Å²) in [4.78, 5) is 12.1. The molecule has 1 heterocycles. The fourth-order valence-electron chi connectivity index (χ4n) is 2.13. The summed E-state index contributed by atoms with van der Waals surface area (Å²) in [6.07, 6.45) is 1.93. The van der Waals surface area contributed by atoms with Crippen LogP contribution in [0.1, 0.15) is 30.1 Å². The van der Waals surface area contributed by atoms with Crippen LogP contribution in [-0.2, 0) is 4.74 Å². The fraction of sp³-hybridized carbons (Fsp3) is 0.500. The molecule has 19 heavy (non-hydrogen) atoms. The van der Waals surface area contributed by atoms with Crippen molar-refractivity contribution < 1.29 is 14.3 Å². The minimum Gasteiger partial charge on any atom is -0.494 e. The van der Waals surface area contributed by atoms with Crippen molar-refractivity contribution in [1.29, 1.82) is 0 Å². The third-order valence-corrected chi connectivity index (χ3v) is 3.00. The molecule has 1 aromatic rings. The van der Waals surface area contributed by atoms with Crippen LogP contribution in [0.4, 0.5) is 5.69 Å². The van der Waals surface area contributed by atoms with Gasteiger partial charge in [-0.2, -0.15) is 0 Å². The fourth-order valence-corrected chi connectivity index (χ4v) is 2.13. The van der Waals surface area contributed by atoms with Crippen LogP contribution >= 0.6 is 0 Å². The zero-order valence-electron chi connectivity index (χ0n) is 11.1. The van der Waals surface area contributed by atoms with E-state index in [1.165, 1.54) is 0 Å². The van der Waals surface area contributed by atoms with E-state index in [2.05, 4.69) is 5.32 Å². The molecule has 1 aliphatic heterocycles. The number of nitrogens with one attached hydrogen (secondary N) is 1. The smallest absolute Gasteiger partial charge is 0.251 e. The van der Waals surface area contributed by atoms with Gasteiger partial charge in [0.05, 0.1) is 19.3 Å². The van der Waals surface area contributed by atoms with Crippen molar-refractivity contribution in [1.82, 2.24) is 5.32 Å². The van der Waals surface area contributed by atoms with Gasteiger partial charge in [0, 0.05) is 23.9 Å². The van der Waals surface area contributed by atoms with E-state index in [0.717, 1.165) is 19.4 Å². The van der Waals surface area contributed by atoms with Gasteiger partial charge in [-0.25, -0.2) is 0 Å². The van der Waals surface area contributed by atoms with Crippen molar-refractivity contribution in [2.45, 2.75) is 25.8 Å². The Morgan fingerprint density at radius 2 is 2.37 bits per heavy atom. The molecule has 104 valence electrons. The number of amides is 1. The molecule has 2 rings (SSSR count). The first-order valence-corrected chi connectivity index (χ1v) is 6.61. The van der Waals surface area contributed by atoms with Crippen LogP contribution in [0.3, 0.4) is 0 Å². The molecular formula is C14H20N2O3. The highest BCUT2D eigenvalue weighted by atomic mass is 16.5. The quantitative estimate of drug-likeness (QED) is 0.810. The second kappa shape index (κ2) is 6.43. The van der Waals surface area contributed by atoms with Crippen LogP contribution < -0.4 is 15.8 Å². The predicted molar refractivity (Wildman–Crippen MR) is 73.3 cm³/mol. The van der Waals surface area contributed by atoms with Gasteiger partial charge in [-0.1, -0.05) is 0 Å². The summed E-state index contributed by atoms with van der Waals surface area (Å²) in [5.41, 5.74) is 6.82. The van der Waals surface area contributed by atoms with E-state index >= 15 is 0 Å². The Kier molecular flexibility index (Phi) is 4.63. The highest BCUT2D eigenvalue weighted by Crippen LogP contribution is 2.19. The summed E-state index contributed by atoms with van der Waals surface area (Å²) in [5, 5.41) is 2.96. The summed E-state index contributed by atoms with van der Waals surface area (Å²) < 4.78 is 10.7. The Bertz CT molecular complexity index is 442. The van der Waals surface area contributed by atoms with Crippen LogP contribution in [0.5, 0.6) is 5.75 Å². The lowest BCUT2D eigenvalue weighted by molar-refractivity contribution is 0.0624. The molecule has 1 amide bonds. The molecular weight excluding hydrogens is 244 g/mol. The largest absolute Gasteiger partial charge is 0.494 e. The summed E-state index contributed by atoms with van der Waals surface area (Å²) in [6, 6.07) is 5.16. The maximum absolute atomic E-state index is 12.1. The first-order valence-electron chi connectivity index (χ1n) is 6.61. The first-order chi connectivity index (χ1) is 9.19. The maximum atomic E-state index is 12.1. The van der Waals surface area contributed by atoms with Gasteiger partial charge in [-0.3, -0.25) is 4.79 Å². The average molecular weight is 264 g/mol. The number of nitrogens with two attached hydrogens (primary N) is 1. The molecule has 1 aromatic carbocycles. The van der Waals surface area contributed by atoms with Crippen molar-refractivity contribution >= 4 is 11.6 Å². The zero-order valence-corrected chi connectivity index (χ0v) is 11.1. The molecule has 0 aromatic heterocycles. The SMILES string of the molecule is CCOc1cc(N)cc(C(=O)NC2CCCOC2)c1. The molecule has 0 radical (unpaired) electrons. The summed E-state index contributed by atoms with van der Waals surface area (Å²) >= 11 is 0. The van der Waals surface area contributed by atoms with Crippen LogP contribution in [0, 0.1) is 0 Å². The lowest BCUT2D eigenvalue weighted by Gasteiger charge is -2.23. The van der Waals surface area contributed by atoms with Crippen molar-refractivity contribution in [3.05, 3.63) is 23.8 Å². The number of ether oxygens (including phenoxy) is 2. The number of nitrogen functional groups attached to an aromatic ring is 1. The first kappa shape index (κ1) is 13.7. The van der Waals surface area contributed by atoms with Gasteiger partial charge >= 0.3 is 0 Å². The second-order valence-electron chi connectivity index (χ2n) is 4.61. The van der Waals surface area contributed by atoms with Crippen molar-refractivity contribution in [2.75, 3.05) is 25.6 Å². The molecule has 5 heteroatoms. The lowest BCUT2D eigenvalue weighted by atomic mass is 10.1. The predicted octanol–water partition coefficient (Wildman–Crippen LogP) is 1.58. The van der Waals surface area contributed by atoms with E-state index < -0.39 is 0 Å². The lowest BCUT2D eigenvalue weighted by Crippen LogP contribution is -2.40. The van der Waals surface area contributed by atoms with Crippen LogP contribution in [0.2, 0.25) is 0 Å². The number of benzene rings is 1. The number of carbonyl (C=O) groups is 1. The Balaban J connectivity index is 2.05. The number of anilines is 1. The Labute approximate surface area is 113 Å². The standard InChI is InChI=1S/C14H20N2O3/c1-2-19-13-7-10(6-11(15)8-13)14(17)16-12-4-3-5-18-9-12/h6-8,12H,2-5,9,15H2,1H3,(H,16,17). The van der Waals surface area contributed by atoms with Gasteiger partial charge in [0.1, 0.15) is 5.75 Å². The van der Waals surface area contributed by atoms with E-state index in [0.29, 0.717) is 30.2 Å². The highest BCUT2D eigenvalue weighted by Gasteiger charge is 2.17. The van der Waals surface area contributed by atoms with Gasteiger partial charge < -0.3 is 20.5 Å². The Morgan fingerprint density at radius 3 is 3.05 bits per heavy atom. The second-order valence-corrected chi connectivity index (χ2v) is 4.61. The van der Waals surface area contributed by atoms with Crippen molar-refractivity contribution in [3.8, 4) is 5.75 Å². The molecule has 1 fully saturated rings. The third kappa shape index (κ3) is 3.86. The molecule has 0 bridgehead atoms. The molecule has 1 atom stereocenters. The van der Waals surface area contributed by atoms with E-state index in [9.17, 15) is 4.79 Å². The normalized spacial score (nSPS) is 18.9. The highest BCUT2D eigenvalue weighted by molar-refractivity contribution is 5.95. The number of carbonyl (C=O) groups excluding carboxylic acids is 1. The number of hydrogen-bond acceptors (Lipinski definition) is 4. The maximum Gasteiger partial charge on any atom is 0.251 e. The van der Waals surface area contributed by atoms with Gasteiger partial charge in [0.2, 0.25) is 0 Å². The molecule has 0 saturated carbocycles. The monoisotopic (exact) mass is 264 g/mol. The minimum atomic E-state index is -0.135. The van der Waals surface area contributed by atoms with E-state index in [-0.39, 0.29) is 11.9 Å². The molecule has 1 unspecified atom stereocenters. The summed E-state index contributed by atoms with van der Waals surface area (Å²) in [7, 11) is 0. The molecule has 3 N–H and O–H groups in total. The molecule has 1 saturated heterocycles. The summed E-state index contributed by atoms with van der Waals surface area (Å²) in [5.74, 6) is 0.483. The van der Waals surface area contributed by atoms with Gasteiger partial charge in [-0.05, 0) is 31.9 Å². The van der Waals surface area contributed by atoms with Crippen molar-refractivity contribution in [3.63, 3.8) is 0 Å². The topological polar surface area (TPSA) is 73.6 Å². The Morgan fingerprint density at radius 1 is 1.53 bits per heavy atom. The minimum absolute atomic E-state index is 0.0817. The summed E-state index contributed by atoms with van der Waals surface area (Å²) in [6.45, 7) is 3.79. The van der Waals surface area contributed by atoms with E-state index in [1.54, 1.807) is 18.2 Å². The van der Waals surface area contributed by atoms with E-state index in [1.807, 2.05) is 6.92 Å². The molecule has 0 aliphatic carbocycles. The third-order valence-electron chi connectivity index (χ3n) is 3.00. The molecule has 5 nitrogen and oxygen atoms in total. The zero-order chi connectivity index (χ0) is 13.7. The Hall–Kier alpha value is -1.75. The van der Waals surface area contributed by atoms with Crippen LogP contribution in [0.25, 0.3) is 0 Å². The average Bonchev–Trinajstić information content (AvgIpc) is 2.39. The van der Waals surface area contributed by atoms with Crippen LogP contribution in [0.15, 0.2) is 18.2 Å². The number of rotatable bonds is 4. The van der Waals surface area contributed by atoms with Gasteiger partial charge in [0.15, 0.2) is 0 Å². The van der Waals surface area contributed by atoms with Crippen LogP contribution in [-0.4, -0.2) is 31.8 Å². The van der Waals surface area contributed by atoms with E-state index in [4.69, 9.17) is 15.2 Å². The molecule has 1 aliphatic rings. The van der Waals surface area contributed by atoms with Gasteiger partial charge in [0.25, 0.3) is 5.91 Å². The van der Waals surface area contributed by atoms with Crippen molar-refractivity contribution in [2.24, 2.45) is 0 Å².